The smallest absolute Gasteiger partial charge is 0.255 e. The Labute approximate surface area is 129 Å². The minimum Gasteiger partial charge on any atom is -0.339 e. The van der Waals surface area contributed by atoms with Crippen molar-refractivity contribution >= 4 is 17.5 Å². The number of rotatable bonds is 3. The highest BCUT2D eigenvalue weighted by Gasteiger charge is 2.22. The van der Waals surface area contributed by atoms with Crippen molar-refractivity contribution in [2.24, 2.45) is 0 Å². The second-order valence-corrected chi connectivity index (χ2v) is 5.23. The molecule has 1 saturated heterocycles. The summed E-state index contributed by atoms with van der Waals surface area (Å²) in [6, 6.07) is 10.4. The number of aromatic nitrogens is 1. The van der Waals surface area contributed by atoms with E-state index in [4.69, 9.17) is 0 Å². The van der Waals surface area contributed by atoms with Crippen molar-refractivity contribution in [1.29, 1.82) is 0 Å². The number of nitrogens with one attached hydrogen (secondary N) is 1. The number of carbonyl (C=O) groups is 2. The predicted octanol–water partition coefficient (Wildman–Crippen LogP) is 2.57. The molecule has 5 nitrogen and oxygen atoms in total. The fourth-order valence-electron chi connectivity index (χ4n) is 2.57. The van der Waals surface area contributed by atoms with Gasteiger partial charge in [-0.3, -0.25) is 14.6 Å². The number of hydrogen-bond acceptors (Lipinski definition) is 3. The van der Waals surface area contributed by atoms with Crippen molar-refractivity contribution in [3.8, 4) is 0 Å². The van der Waals surface area contributed by atoms with Gasteiger partial charge < -0.3 is 10.2 Å². The van der Waals surface area contributed by atoms with Gasteiger partial charge in [-0.15, -0.1) is 0 Å². The van der Waals surface area contributed by atoms with Crippen molar-refractivity contribution in [3.63, 3.8) is 0 Å². The van der Waals surface area contributed by atoms with E-state index in [-0.39, 0.29) is 11.8 Å². The molecule has 112 valence electrons. The Bertz CT molecular complexity index is 679. The number of likely N-dealkylation sites (tertiary alicyclic amines) is 1. The third kappa shape index (κ3) is 2.98. The molecule has 0 radical (unpaired) electrons. The van der Waals surface area contributed by atoms with Gasteiger partial charge in [0.15, 0.2) is 0 Å². The minimum absolute atomic E-state index is 0.0249. The van der Waals surface area contributed by atoms with E-state index in [2.05, 4.69) is 10.3 Å². The molecule has 0 aliphatic carbocycles. The molecule has 2 aromatic rings. The zero-order valence-corrected chi connectivity index (χ0v) is 12.2. The molecule has 1 fully saturated rings. The SMILES string of the molecule is O=C(Nc1ccccc1C(=O)N1CCCC1)c1ccncc1. The number of nitrogens with zero attached hydrogens (tertiary/aromatic N) is 2. The van der Waals surface area contributed by atoms with Crippen LogP contribution in [-0.2, 0) is 0 Å². The Kier molecular flexibility index (Phi) is 4.14. The van der Waals surface area contributed by atoms with Gasteiger partial charge in [-0.2, -0.15) is 0 Å². The molecule has 0 bridgehead atoms. The van der Waals surface area contributed by atoms with Crippen molar-refractivity contribution < 1.29 is 9.59 Å². The van der Waals surface area contributed by atoms with Gasteiger partial charge in [0.1, 0.15) is 0 Å². The van der Waals surface area contributed by atoms with E-state index in [1.165, 1.54) is 0 Å². The molecule has 1 aromatic carbocycles. The molecule has 1 aromatic heterocycles. The monoisotopic (exact) mass is 295 g/mol. The van der Waals surface area contributed by atoms with Crippen LogP contribution < -0.4 is 5.32 Å². The second kappa shape index (κ2) is 6.39. The highest BCUT2D eigenvalue weighted by Crippen LogP contribution is 2.20. The van der Waals surface area contributed by atoms with Crippen molar-refractivity contribution in [2.45, 2.75) is 12.8 Å². The second-order valence-electron chi connectivity index (χ2n) is 5.23. The van der Waals surface area contributed by atoms with E-state index in [0.29, 0.717) is 16.8 Å². The first-order valence-corrected chi connectivity index (χ1v) is 7.35. The molecule has 0 unspecified atom stereocenters. The van der Waals surface area contributed by atoms with Gasteiger partial charge in [0.2, 0.25) is 0 Å². The van der Waals surface area contributed by atoms with Crippen LogP contribution in [0.15, 0.2) is 48.8 Å². The molecule has 3 rings (SSSR count). The number of pyridine rings is 1. The fraction of sp³-hybridized carbons (Fsp3) is 0.235. The molecule has 1 N–H and O–H groups in total. The average molecular weight is 295 g/mol. The zero-order chi connectivity index (χ0) is 15.4. The Morgan fingerprint density at radius 3 is 2.41 bits per heavy atom. The van der Waals surface area contributed by atoms with Gasteiger partial charge in [0, 0.05) is 31.0 Å². The molecular weight excluding hydrogens is 278 g/mol. The van der Waals surface area contributed by atoms with Crippen molar-refractivity contribution in [3.05, 3.63) is 59.9 Å². The first-order chi connectivity index (χ1) is 10.8. The third-order valence-electron chi connectivity index (χ3n) is 3.74. The summed E-state index contributed by atoms with van der Waals surface area (Å²) in [5, 5.41) is 2.82. The van der Waals surface area contributed by atoms with Gasteiger partial charge >= 0.3 is 0 Å². The quantitative estimate of drug-likeness (QED) is 0.946. The van der Waals surface area contributed by atoms with E-state index in [1.807, 2.05) is 17.0 Å². The maximum Gasteiger partial charge on any atom is 0.255 e. The molecule has 2 amide bonds. The Hall–Kier alpha value is -2.69. The summed E-state index contributed by atoms with van der Waals surface area (Å²) in [4.78, 5) is 30.5. The van der Waals surface area contributed by atoms with Crippen LogP contribution in [0.2, 0.25) is 0 Å². The Morgan fingerprint density at radius 2 is 1.68 bits per heavy atom. The van der Waals surface area contributed by atoms with Crippen LogP contribution in [0, 0.1) is 0 Å². The van der Waals surface area contributed by atoms with Crippen LogP contribution in [0.3, 0.4) is 0 Å². The van der Waals surface area contributed by atoms with Gasteiger partial charge in [-0.25, -0.2) is 0 Å². The summed E-state index contributed by atoms with van der Waals surface area (Å²) in [6.07, 6.45) is 5.21. The topological polar surface area (TPSA) is 62.3 Å². The van der Waals surface area contributed by atoms with E-state index >= 15 is 0 Å². The summed E-state index contributed by atoms with van der Waals surface area (Å²) in [6.45, 7) is 1.57. The van der Waals surface area contributed by atoms with Gasteiger partial charge in [-0.05, 0) is 37.1 Å². The normalized spacial score (nSPS) is 13.9. The molecule has 0 saturated carbocycles. The number of anilines is 1. The maximum atomic E-state index is 12.6. The standard InChI is InChI=1S/C17H17N3O2/c21-16(13-7-9-18-10-8-13)19-15-6-2-1-5-14(15)17(22)20-11-3-4-12-20/h1-2,5-10H,3-4,11-12H2,(H,19,21). The lowest BCUT2D eigenvalue weighted by Gasteiger charge is -2.18. The summed E-state index contributed by atoms with van der Waals surface area (Å²) in [7, 11) is 0. The highest BCUT2D eigenvalue weighted by atomic mass is 16.2. The van der Waals surface area contributed by atoms with Crippen molar-refractivity contribution in [2.75, 3.05) is 18.4 Å². The minimum atomic E-state index is -0.246. The van der Waals surface area contributed by atoms with Crippen LogP contribution in [0.4, 0.5) is 5.69 Å². The molecule has 1 aliphatic heterocycles. The number of amides is 2. The van der Waals surface area contributed by atoms with Gasteiger partial charge in [0.25, 0.3) is 11.8 Å². The average Bonchev–Trinajstić information content (AvgIpc) is 3.10. The zero-order valence-electron chi connectivity index (χ0n) is 12.2. The van der Waals surface area contributed by atoms with Crippen LogP contribution in [0.1, 0.15) is 33.6 Å². The van der Waals surface area contributed by atoms with E-state index < -0.39 is 0 Å². The van der Waals surface area contributed by atoms with Crippen LogP contribution in [0.5, 0.6) is 0 Å². The summed E-state index contributed by atoms with van der Waals surface area (Å²) in [5.41, 5.74) is 1.59. The van der Waals surface area contributed by atoms with Gasteiger partial charge in [0.05, 0.1) is 11.3 Å². The predicted molar refractivity (Wildman–Crippen MR) is 83.8 cm³/mol. The lowest BCUT2D eigenvalue weighted by molar-refractivity contribution is 0.0794. The van der Waals surface area contributed by atoms with E-state index in [1.54, 1.807) is 36.7 Å². The lowest BCUT2D eigenvalue weighted by atomic mass is 10.1. The van der Waals surface area contributed by atoms with Crippen molar-refractivity contribution in [1.82, 2.24) is 9.88 Å². The lowest BCUT2D eigenvalue weighted by Crippen LogP contribution is -2.28. The molecule has 0 atom stereocenters. The number of hydrogen-bond donors (Lipinski definition) is 1. The Morgan fingerprint density at radius 1 is 1.00 bits per heavy atom. The van der Waals surface area contributed by atoms with Crippen LogP contribution in [0.25, 0.3) is 0 Å². The Balaban J connectivity index is 1.82. The summed E-state index contributed by atoms with van der Waals surface area (Å²) >= 11 is 0. The van der Waals surface area contributed by atoms with E-state index in [0.717, 1.165) is 25.9 Å². The largest absolute Gasteiger partial charge is 0.339 e. The third-order valence-corrected chi connectivity index (χ3v) is 3.74. The number of para-hydroxylation sites is 1. The highest BCUT2D eigenvalue weighted by molar-refractivity contribution is 6.08. The first-order valence-electron chi connectivity index (χ1n) is 7.35. The molecule has 1 aliphatic rings. The summed E-state index contributed by atoms with van der Waals surface area (Å²) in [5.74, 6) is -0.271. The first kappa shape index (κ1) is 14.3. The number of carbonyl (C=O) groups excluding carboxylic acids is 2. The maximum absolute atomic E-state index is 12.6. The molecule has 0 spiro atoms. The van der Waals surface area contributed by atoms with E-state index in [9.17, 15) is 9.59 Å². The van der Waals surface area contributed by atoms with Gasteiger partial charge in [-0.1, -0.05) is 12.1 Å². The molecule has 22 heavy (non-hydrogen) atoms. The van der Waals surface area contributed by atoms with Crippen LogP contribution >= 0.6 is 0 Å². The number of benzene rings is 1. The molecular formula is C17H17N3O2. The summed E-state index contributed by atoms with van der Waals surface area (Å²) < 4.78 is 0. The van der Waals surface area contributed by atoms with Crippen LogP contribution in [-0.4, -0.2) is 34.8 Å². The molecule has 2 heterocycles. The molecule has 5 heteroatoms. The fourth-order valence-corrected chi connectivity index (χ4v) is 2.57.